The maximum Gasteiger partial charge on any atom is 0.335 e. The Hall–Kier alpha value is -1.95. The SMILES string of the molecule is CC1(C(=O)Nc2ccc(C(=O)O)cc2F)CCNC1. The lowest BCUT2D eigenvalue weighted by atomic mass is 9.88. The molecule has 102 valence electrons. The standard InChI is InChI=1S/C13H15FN2O3/c1-13(4-5-15-7-13)12(19)16-10-3-2-8(11(17)18)6-9(10)14/h2-3,6,15H,4-5,7H2,1H3,(H,16,19)(H,17,18). The molecule has 0 aromatic heterocycles. The van der Waals surface area contributed by atoms with Gasteiger partial charge >= 0.3 is 5.97 Å². The van der Waals surface area contributed by atoms with Crippen LogP contribution >= 0.6 is 0 Å². The van der Waals surface area contributed by atoms with Crippen molar-refractivity contribution < 1.29 is 19.1 Å². The molecule has 0 radical (unpaired) electrons. The molecule has 1 aromatic carbocycles. The number of hydrogen-bond acceptors (Lipinski definition) is 3. The lowest BCUT2D eigenvalue weighted by molar-refractivity contribution is -0.123. The van der Waals surface area contributed by atoms with E-state index in [2.05, 4.69) is 10.6 Å². The maximum atomic E-state index is 13.7. The van der Waals surface area contributed by atoms with Gasteiger partial charge in [0.15, 0.2) is 0 Å². The highest BCUT2D eigenvalue weighted by atomic mass is 19.1. The van der Waals surface area contributed by atoms with Crippen LogP contribution in [0.4, 0.5) is 10.1 Å². The van der Waals surface area contributed by atoms with Gasteiger partial charge in [-0.3, -0.25) is 4.79 Å². The first-order valence-corrected chi connectivity index (χ1v) is 5.97. The number of rotatable bonds is 3. The Balaban J connectivity index is 2.15. The third-order valence-electron chi connectivity index (χ3n) is 3.38. The second-order valence-corrected chi connectivity index (χ2v) is 4.94. The summed E-state index contributed by atoms with van der Waals surface area (Å²) in [6, 6.07) is 3.42. The third kappa shape index (κ3) is 2.73. The lowest BCUT2D eigenvalue weighted by Crippen LogP contribution is -2.35. The Bertz CT molecular complexity index is 525. The fourth-order valence-corrected chi connectivity index (χ4v) is 2.03. The monoisotopic (exact) mass is 266 g/mol. The number of benzene rings is 1. The Morgan fingerprint density at radius 2 is 2.21 bits per heavy atom. The Morgan fingerprint density at radius 1 is 1.47 bits per heavy atom. The van der Waals surface area contributed by atoms with Gasteiger partial charge in [-0.05, 0) is 38.1 Å². The molecule has 1 heterocycles. The van der Waals surface area contributed by atoms with E-state index < -0.39 is 17.2 Å². The predicted molar refractivity (Wildman–Crippen MR) is 67.6 cm³/mol. The van der Waals surface area contributed by atoms with Crippen LogP contribution in [0.25, 0.3) is 0 Å². The normalized spacial score (nSPS) is 22.2. The number of carboxylic acid groups (broad SMARTS) is 1. The third-order valence-corrected chi connectivity index (χ3v) is 3.38. The van der Waals surface area contributed by atoms with Gasteiger partial charge in [-0.15, -0.1) is 0 Å². The summed E-state index contributed by atoms with van der Waals surface area (Å²) in [6.07, 6.45) is 0.688. The number of amides is 1. The minimum absolute atomic E-state index is 0.00289. The van der Waals surface area contributed by atoms with E-state index >= 15 is 0 Å². The van der Waals surface area contributed by atoms with Gasteiger partial charge in [0.2, 0.25) is 5.91 Å². The molecule has 1 aromatic rings. The van der Waals surface area contributed by atoms with Crippen LogP contribution < -0.4 is 10.6 Å². The smallest absolute Gasteiger partial charge is 0.335 e. The lowest BCUT2D eigenvalue weighted by Gasteiger charge is -2.21. The van der Waals surface area contributed by atoms with E-state index in [-0.39, 0.29) is 17.2 Å². The first kappa shape index (κ1) is 13.5. The largest absolute Gasteiger partial charge is 0.478 e. The molecule has 1 aliphatic rings. The summed E-state index contributed by atoms with van der Waals surface area (Å²) in [7, 11) is 0. The van der Waals surface area contributed by atoms with Crippen molar-refractivity contribution in [2.75, 3.05) is 18.4 Å². The number of halogens is 1. The molecule has 6 heteroatoms. The topological polar surface area (TPSA) is 78.4 Å². The average Bonchev–Trinajstić information content (AvgIpc) is 2.80. The zero-order valence-corrected chi connectivity index (χ0v) is 10.5. The molecule has 5 nitrogen and oxygen atoms in total. The number of carbonyl (C=O) groups is 2. The zero-order chi connectivity index (χ0) is 14.0. The fraction of sp³-hybridized carbons (Fsp3) is 0.385. The number of nitrogens with one attached hydrogen (secondary N) is 2. The molecular formula is C13H15FN2O3. The molecule has 0 bridgehead atoms. The molecule has 1 aliphatic heterocycles. The molecule has 0 spiro atoms. The quantitative estimate of drug-likeness (QED) is 0.774. The van der Waals surface area contributed by atoms with Crippen molar-refractivity contribution >= 4 is 17.6 Å². The molecule has 19 heavy (non-hydrogen) atoms. The van der Waals surface area contributed by atoms with Crippen molar-refractivity contribution in [1.82, 2.24) is 5.32 Å². The van der Waals surface area contributed by atoms with Crippen LogP contribution in [0.15, 0.2) is 18.2 Å². The highest BCUT2D eigenvalue weighted by Gasteiger charge is 2.36. The van der Waals surface area contributed by atoms with Crippen LogP contribution in [0.5, 0.6) is 0 Å². The van der Waals surface area contributed by atoms with Gasteiger partial charge < -0.3 is 15.7 Å². The van der Waals surface area contributed by atoms with Crippen LogP contribution in [-0.2, 0) is 4.79 Å². The average molecular weight is 266 g/mol. The van der Waals surface area contributed by atoms with E-state index in [0.29, 0.717) is 13.0 Å². The number of hydrogen-bond donors (Lipinski definition) is 3. The van der Waals surface area contributed by atoms with Crippen LogP contribution in [0.2, 0.25) is 0 Å². The van der Waals surface area contributed by atoms with E-state index in [9.17, 15) is 14.0 Å². The van der Waals surface area contributed by atoms with Gasteiger partial charge in [-0.2, -0.15) is 0 Å². The maximum absolute atomic E-state index is 13.7. The highest BCUT2D eigenvalue weighted by Crippen LogP contribution is 2.27. The Kier molecular flexibility index (Phi) is 3.53. The number of anilines is 1. The molecule has 3 N–H and O–H groups in total. The van der Waals surface area contributed by atoms with E-state index in [1.54, 1.807) is 0 Å². The van der Waals surface area contributed by atoms with Crippen molar-refractivity contribution in [2.24, 2.45) is 5.41 Å². The molecule has 1 atom stereocenters. The molecule has 1 amide bonds. The van der Waals surface area contributed by atoms with Crippen molar-refractivity contribution in [3.63, 3.8) is 0 Å². The molecular weight excluding hydrogens is 251 g/mol. The minimum atomic E-state index is -1.20. The van der Waals surface area contributed by atoms with E-state index in [1.807, 2.05) is 6.92 Å². The molecule has 2 rings (SSSR count). The van der Waals surface area contributed by atoms with E-state index in [4.69, 9.17) is 5.11 Å². The molecule has 0 aliphatic carbocycles. The van der Waals surface area contributed by atoms with Gasteiger partial charge in [0.05, 0.1) is 16.7 Å². The second kappa shape index (κ2) is 4.97. The first-order valence-electron chi connectivity index (χ1n) is 5.97. The molecule has 1 saturated heterocycles. The van der Waals surface area contributed by atoms with Crippen molar-refractivity contribution in [3.05, 3.63) is 29.6 Å². The van der Waals surface area contributed by atoms with E-state index in [1.165, 1.54) is 12.1 Å². The summed E-state index contributed by atoms with van der Waals surface area (Å²) < 4.78 is 13.7. The zero-order valence-electron chi connectivity index (χ0n) is 10.5. The summed E-state index contributed by atoms with van der Waals surface area (Å²) in [4.78, 5) is 22.8. The van der Waals surface area contributed by atoms with Gasteiger partial charge in [-0.25, -0.2) is 9.18 Å². The fourth-order valence-electron chi connectivity index (χ4n) is 2.03. The van der Waals surface area contributed by atoms with Gasteiger partial charge in [-0.1, -0.05) is 0 Å². The highest BCUT2D eigenvalue weighted by molar-refractivity contribution is 5.96. The minimum Gasteiger partial charge on any atom is -0.478 e. The first-order chi connectivity index (χ1) is 8.92. The van der Waals surface area contributed by atoms with Crippen molar-refractivity contribution in [1.29, 1.82) is 0 Å². The summed E-state index contributed by atoms with van der Waals surface area (Å²) in [5.41, 5.74) is -0.704. The van der Waals surface area contributed by atoms with E-state index in [0.717, 1.165) is 12.6 Å². The van der Waals surface area contributed by atoms with Crippen LogP contribution in [-0.4, -0.2) is 30.1 Å². The predicted octanol–water partition coefficient (Wildman–Crippen LogP) is 1.46. The second-order valence-electron chi connectivity index (χ2n) is 4.94. The van der Waals surface area contributed by atoms with Gasteiger partial charge in [0.25, 0.3) is 0 Å². The van der Waals surface area contributed by atoms with Crippen LogP contribution in [0.1, 0.15) is 23.7 Å². The summed E-state index contributed by atoms with van der Waals surface area (Å²) in [5.74, 6) is -2.22. The molecule has 0 saturated carbocycles. The van der Waals surface area contributed by atoms with Gasteiger partial charge in [0, 0.05) is 6.54 Å². The van der Waals surface area contributed by atoms with Crippen LogP contribution in [0.3, 0.4) is 0 Å². The van der Waals surface area contributed by atoms with Crippen molar-refractivity contribution in [2.45, 2.75) is 13.3 Å². The number of carboxylic acids is 1. The Morgan fingerprint density at radius 3 is 2.74 bits per heavy atom. The van der Waals surface area contributed by atoms with Crippen LogP contribution in [0, 0.1) is 11.2 Å². The summed E-state index contributed by atoms with van der Waals surface area (Å²) in [6.45, 7) is 3.11. The number of aromatic carboxylic acids is 1. The van der Waals surface area contributed by atoms with Gasteiger partial charge in [0.1, 0.15) is 5.82 Å². The summed E-state index contributed by atoms with van der Waals surface area (Å²) >= 11 is 0. The van der Waals surface area contributed by atoms with Crippen molar-refractivity contribution in [3.8, 4) is 0 Å². The molecule has 1 unspecified atom stereocenters. The summed E-state index contributed by atoms with van der Waals surface area (Å²) in [5, 5.41) is 14.3. The molecule has 1 fully saturated rings. The Labute approximate surface area is 109 Å². The number of carbonyl (C=O) groups excluding carboxylic acids is 1.